The quantitative estimate of drug-likeness (QED) is 0.659. The summed E-state index contributed by atoms with van der Waals surface area (Å²) in [6.45, 7) is 4.10. The Hall–Kier alpha value is -1.64. The molecule has 0 amide bonds. The van der Waals surface area contributed by atoms with Crippen LogP contribution in [0.2, 0.25) is 0 Å². The minimum Gasteiger partial charge on any atom is -0.497 e. The third kappa shape index (κ3) is 1.54. The molecule has 0 fully saturated rings. The second-order valence-corrected chi connectivity index (χ2v) is 3.70. The summed E-state index contributed by atoms with van der Waals surface area (Å²) >= 11 is 0. The van der Waals surface area contributed by atoms with Gasteiger partial charge in [-0.1, -0.05) is 0 Å². The average Bonchev–Trinajstić information content (AvgIpc) is 2.26. The van der Waals surface area contributed by atoms with Crippen LogP contribution in [0.4, 0.5) is 0 Å². The van der Waals surface area contributed by atoms with Crippen molar-refractivity contribution in [3.05, 3.63) is 29.6 Å². The molecule has 1 aromatic heterocycles. The van der Waals surface area contributed by atoms with Crippen LogP contribution in [0.15, 0.2) is 18.2 Å². The summed E-state index contributed by atoms with van der Waals surface area (Å²) in [6.07, 6.45) is 0. The van der Waals surface area contributed by atoms with E-state index in [2.05, 4.69) is 16.5 Å². The number of benzene rings is 1. The molecule has 3 heteroatoms. The number of aryl methyl sites for hydroxylation is 2. The summed E-state index contributed by atoms with van der Waals surface area (Å²) in [7, 11) is 3.72. The van der Waals surface area contributed by atoms with Gasteiger partial charge in [-0.2, -0.15) is 4.57 Å². The van der Waals surface area contributed by atoms with Crippen molar-refractivity contribution in [3.8, 4) is 5.75 Å². The lowest BCUT2D eigenvalue weighted by Gasteiger charge is -2.04. The number of fused-ring (bicyclic) bond motifs is 1. The van der Waals surface area contributed by atoms with Crippen molar-refractivity contribution in [2.75, 3.05) is 7.11 Å². The first kappa shape index (κ1) is 9.90. The van der Waals surface area contributed by atoms with Crippen molar-refractivity contribution >= 4 is 11.0 Å². The molecule has 2 aromatic rings. The van der Waals surface area contributed by atoms with E-state index >= 15 is 0 Å². The molecule has 1 heterocycles. The van der Waals surface area contributed by atoms with Gasteiger partial charge in [0.1, 0.15) is 24.0 Å². The topological polar surface area (TPSA) is 26.0 Å². The number of ether oxygens (including phenoxy) is 1. The lowest BCUT2D eigenvalue weighted by molar-refractivity contribution is -0.652. The first-order valence-corrected chi connectivity index (χ1v) is 4.94. The molecule has 3 nitrogen and oxygen atoms in total. The lowest BCUT2D eigenvalue weighted by atomic mass is 10.2. The first-order valence-electron chi connectivity index (χ1n) is 4.94. The molecule has 1 aromatic carbocycles. The lowest BCUT2D eigenvalue weighted by Crippen LogP contribution is -2.34. The minimum absolute atomic E-state index is 0.864. The number of hydrogen-bond donors (Lipinski definition) is 0. The summed E-state index contributed by atoms with van der Waals surface area (Å²) in [5.41, 5.74) is 4.34. The molecule has 0 aliphatic rings. The molecule has 78 valence electrons. The van der Waals surface area contributed by atoms with Gasteiger partial charge in [-0.15, -0.1) is 0 Å². The summed E-state index contributed by atoms with van der Waals surface area (Å²) in [5, 5.41) is 0. The van der Waals surface area contributed by atoms with Gasteiger partial charge in [0.15, 0.2) is 5.69 Å². The largest absolute Gasteiger partial charge is 0.497 e. The predicted molar refractivity (Wildman–Crippen MR) is 58.9 cm³/mol. The van der Waals surface area contributed by atoms with Crippen molar-refractivity contribution in [3.63, 3.8) is 0 Å². The zero-order chi connectivity index (χ0) is 11.0. The summed E-state index contributed by atoms with van der Waals surface area (Å²) in [5.74, 6) is 0.864. The second kappa shape index (κ2) is 3.50. The Morgan fingerprint density at radius 3 is 2.67 bits per heavy atom. The Morgan fingerprint density at radius 2 is 2.00 bits per heavy atom. The number of hydrogen-bond acceptors (Lipinski definition) is 2. The number of methoxy groups -OCH3 is 1. The molecule has 0 saturated carbocycles. The van der Waals surface area contributed by atoms with Gasteiger partial charge >= 0.3 is 0 Å². The molecular formula is C12H15N2O+. The Morgan fingerprint density at radius 1 is 1.27 bits per heavy atom. The van der Waals surface area contributed by atoms with E-state index in [0.29, 0.717) is 0 Å². The van der Waals surface area contributed by atoms with Crippen LogP contribution in [0.5, 0.6) is 5.75 Å². The molecule has 0 saturated heterocycles. The van der Waals surface area contributed by atoms with Crippen LogP contribution in [0.25, 0.3) is 11.0 Å². The van der Waals surface area contributed by atoms with E-state index < -0.39 is 0 Å². The van der Waals surface area contributed by atoms with E-state index in [9.17, 15) is 0 Å². The van der Waals surface area contributed by atoms with Gasteiger partial charge in [0.2, 0.25) is 5.52 Å². The Kier molecular flexibility index (Phi) is 2.31. The highest BCUT2D eigenvalue weighted by molar-refractivity contribution is 5.73. The van der Waals surface area contributed by atoms with Crippen LogP contribution in [0.3, 0.4) is 0 Å². The number of nitrogens with zero attached hydrogens (tertiary/aromatic N) is 2. The zero-order valence-corrected chi connectivity index (χ0v) is 9.53. The second-order valence-electron chi connectivity index (χ2n) is 3.70. The van der Waals surface area contributed by atoms with Crippen LogP contribution < -0.4 is 9.30 Å². The smallest absolute Gasteiger partial charge is 0.234 e. The first-order chi connectivity index (χ1) is 7.13. The molecule has 0 spiro atoms. The molecular weight excluding hydrogens is 188 g/mol. The van der Waals surface area contributed by atoms with Crippen LogP contribution in [-0.2, 0) is 7.05 Å². The highest BCUT2D eigenvalue weighted by Crippen LogP contribution is 2.17. The fourth-order valence-corrected chi connectivity index (χ4v) is 1.68. The van der Waals surface area contributed by atoms with Crippen molar-refractivity contribution in [2.24, 2.45) is 7.05 Å². The number of aromatic nitrogens is 2. The van der Waals surface area contributed by atoms with Crippen LogP contribution in [-0.4, -0.2) is 12.1 Å². The Labute approximate surface area is 89.3 Å². The maximum Gasteiger partial charge on any atom is 0.234 e. The fourth-order valence-electron chi connectivity index (χ4n) is 1.68. The van der Waals surface area contributed by atoms with E-state index in [1.54, 1.807) is 7.11 Å². The Balaban J connectivity index is 2.81. The van der Waals surface area contributed by atoms with Crippen molar-refractivity contribution in [1.82, 2.24) is 4.98 Å². The Bertz CT molecular complexity index is 521. The van der Waals surface area contributed by atoms with Gasteiger partial charge in [-0.25, -0.2) is 4.98 Å². The third-order valence-electron chi connectivity index (χ3n) is 2.86. The molecule has 0 radical (unpaired) electrons. The van der Waals surface area contributed by atoms with E-state index in [4.69, 9.17) is 4.74 Å². The third-order valence-corrected chi connectivity index (χ3v) is 2.86. The molecule has 0 aliphatic carbocycles. The van der Waals surface area contributed by atoms with E-state index in [1.165, 1.54) is 5.69 Å². The van der Waals surface area contributed by atoms with Gasteiger partial charge < -0.3 is 4.74 Å². The predicted octanol–water partition coefficient (Wildman–Crippen LogP) is 1.68. The molecule has 0 N–H and O–H groups in total. The molecule has 0 aliphatic heterocycles. The van der Waals surface area contributed by atoms with E-state index in [0.717, 1.165) is 22.5 Å². The van der Waals surface area contributed by atoms with Crippen molar-refractivity contribution in [1.29, 1.82) is 0 Å². The molecule has 0 unspecified atom stereocenters. The highest BCUT2D eigenvalue weighted by atomic mass is 16.5. The van der Waals surface area contributed by atoms with Crippen molar-refractivity contribution in [2.45, 2.75) is 13.8 Å². The number of rotatable bonds is 1. The molecule has 0 atom stereocenters. The zero-order valence-electron chi connectivity index (χ0n) is 9.53. The SMILES string of the molecule is COc1ccc2nc(C)c(C)[n+](C)c2c1. The van der Waals surface area contributed by atoms with Crippen LogP contribution >= 0.6 is 0 Å². The van der Waals surface area contributed by atoms with E-state index in [1.807, 2.05) is 32.2 Å². The van der Waals surface area contributed by atoms with Gasteiger partial charge in [0.25, 0.3) is 0 Å². The molecule has 2 rings (SSSR count). The van der Waals surface area contributed by atoms with Gasteiger partial charge in [-0.05, 0) is 19.1 Å². The summed E-state index contributed by atoms with van der Waals surface area (Å²) in [6, 6.07) is 5.93. The standard InChI is InChI=1S/C12H15N2O/c1-8-9(2)14(3)12-7-10(15-4)5-6-11(12)13-8/h5-7H,1-4H3/q+1. The van der Waals surface area contributed by atoms with Crippen LogP contribution in [0.1, 0.15) is 11.4 Å². The van der Waals surface area contributed by atoms with Gasteiger partial charge in [0, 0.05) is 6.92 Å². The monoisotopic (exact) mass is 203 g/mol. The summed E-state index contributed by atoms with van der Waals surface area (Å²) in [4.78, 5) is 4.54. The van der Waals surface area contributed by atoms with Gasteiger partial charge in [-0.3, -0.25) is 0 Å². The normalized spacial score (nSPS) is 10.7. The maximum absolute atomic E-state index is 5.21. The van der Waals surface area contributed by atoms with Crippen molar-refractivity contribution < 1.29 is 9.30 Å². The average molecular weight is 203 g/mol. The summed E-state index contributed by atoms with van der Waals surface area (Å²) < 4.78 is 7.35. The van der Waals surface area contributed by atoms with Gasteiger partial charge in [0.05, 0.1) is 13.2 Å². The molecule has 0 bridgehead atoms. The fraction of sp³-hybridized carbons (Fsp3) is 0.333. The van der Waals surface area contributed by atoms with Crippen LogP contribution in [0, 0.1) is 13.8 Å². The maximum atomic E-state index is 5.21. The van der Waals surface area contributed by atoms with E-state index in [-0.39, 0.29) is 0 Å². The molecule has 15 heavy (non-hydrogen) atoms. The highest BCUT2D eigenvalue weighted by Gasteiger charge is 2.13. The minimum atomic E-state index is 0.864.